The van der Waals surface area contributed by atoms with Crippen molar-refractivity contribution in [1.82, 2.24) is 0 Å². The maximum atomic E-state index is 13.9. The Bertz CT molecular complexity index is 1330. The second-order valence-corrected chi connectivity index (χ2v) is 9.33. The van der Waals surface area contributed by atoms with Gasteiger partial charge in [0.25, 0.3) is 5.91 Å². The number of alkyl halides is 1. The fourth-order valence-corrected chi connectivity index (χ4v) is 5.30. The average molecular weight is 541 g/mol. The Balaban J connectivity index is 1.92. The molecule has 1 aliphatic heterocycles. The number of anilines is 1. The summed E-state index contributed by atoms with van der Waals surface area (Å²) in [6, 6.07) is 12.2. The number of carbonyl (C=O) groups is 2. The van der Waals surface area contributed by atoms with E-state index in [1.165, 1.54) is 49.5 Å². The Morgan fingerprint density at radius 1 is 0.971 bits per heavy atom. The number of ether oxygens (including phenoxy) is 2. The van der Waals surface area contributed by atoms with E-state index in [4.69, 9.17) is 55.9 Å². The van der Waals surface area contributed by atoms with Crippen molar-refractivity contribution in [2.45, 2.75) is 11.4 Å². The molecule has 10 heteroatoms. The van der Waals surface area contributed by atoms with Crippen molar-refractivity contribution in [3.05, 3.63) is 85.9 Å². The van der Waals surface area contributed by atoms with Crippen molar-refractivity contribution >= 4 is 64.0 Å². The molecular weight excluding hydrogens is 524 g/mol. The molecule has 1 heterocycles. The van der Waals surface area contributed by atoms with Crippen LogP contribution in [0, 0.1) is 0 Å². The zero-order valence-corrected chi connectivity index (χ0v) is 20.9. The van der Waals surface area contributed by atoms with E-state index in [-0.39, 0.29) is 32.7 Å². The van der Waals surface area contributed by atoms with Gasteiger partial charge in [-0.15, -0.1) is 0 Å². The molecule has 176 valence electrons. The number of benzene rings is 3. The summed E-state index contributed by atoms with van der Waals surface area (Å²) in [5.74, 6) is -0.664. The van der Waals surface area contributed by atoms with Gasteiger partial charge in [0.2, 0.25) is 0 Å². The molecule has 1 atom stereocenters. The minimum atomic E-state index is -1.86. The van der Waals surface area contributed by atoms with Crippen LogP contribution >= 0.6 is 46.4 Å². The van der Waals surface area contributed by atoms with E-state index in [0.717, 1.165) is 0 Å². The van der Waals surface area contributed by atoms with Gasteiger partial charge < -0.3 is 19.5 Å². The lowest BCUT2D eigenvalue weighted by Crippen LogP contribution is -2.37. The lowest BCUT2D eigenvalue weighted by molar-refractivity contribution is -0.119. The molecule has 1 aliphatic rings. The average Bonchev–Trinajstić information content (AvgIpc) is 3.02. The van der Waals surface area contributed by atoms with Crippen LogP contribution in [0.4, 0.5) is 5.69 Å². The topological polar surface area (TPSA) is 76.1 Å². The first-order valence-corrected chi connectivity index (χ1v) is 11.4. The molecule has 0 aliphatic carbocycles. The number of rotatable bonds is 6. The second-order valence-electron chi connectivity index (χ2n) is 7.51. The smallest absolute Gasteiger partial charge is 0.335 e. The molecule has 34 heavy (non-hydrogen) atoms. The van der Waals surface area contributed by atoms with Gasteiger partial charge in [0.1, 0.15) is 11.5 Å². The number of methoxy groups -OCH3 is 2. The SMILES string of the molecule is COc1ccc(CN2C(=O)C(Cl)(c3cc(C(=O)O)ccc3Cl)c3cc(Cl)cc(Cl)c32)c(OC)c1. The van der Waals surface area contributed by atoms with Crippen LogP contribution in [-0.2, 0) is 16.2 Å². The van der Waals surface area contributed by atoms with Crippen LogP contribution in [-0.4, -0.2) is 31.2 Å². The maximum Gasteiger partial charge on any atom is 0.335 e. The highest BCUT2D eigenvalue weighted by Gasteiger charge is 2.53. The molecule has 0 saturated carbocycles. The zero-order valence-electron chi connectivity index (χ0n) is 17.9. The third-order valence-corrected chi connectivity index (χ3v) is 7.02. The molecule has 0 aromatic heterocycles. The van der Waals surface area contributed by atoms with Gasteiger partial charge in [-0.3, -0.25) is 4.79 Å². The van der Waals surface area contributed by atoms with Gasteiger partial charge in [0.05, 0.1) is 37.0 Å². The molecule has 3 aromatic carbocycles. The predicted molar refractivity (Wildman–Crippen MR) is 132 cm³/mol. The first-order valence-electron chi connectivity index (χ1n) is 9.86. The normalized spacial score (nSPS) is 17.0. The van der Waals surface area contributed by atoms with Gasteiger partial charge in [-0.1, -0.05) is 46.4 Å². The lowest BCUT2D eigenvalue weighted by Gasteiger charge is -2.24. The highest BCUT2D eigenvalue weighted by molar-refractivity contribution is 6.46. The number of nitrogens with zero attached hydrogens (tertiary/aromatic N) is 1. The highest BCUT2D eigenvalue weighted by Crippen LogP contribution is 2.54. The molecule has 0 radical (unpaired) electrons. The molecule has 6 nitrogen and oxygen atoms in total. The van der Waals surface area contributed by atoms with Crippen molar-refractivity contribution in [2.24, 2.45) is 0 Å². The first kappa shape index (κ1) is 24.5. The van der Waals surface area contributed by atoms with E-state index in [2.05, 4.69) is 0 Å². The quantitative estimate of drug-likeness (QED) is 0.366. The van der Waals surface area contributed by atoms with Crippen molar-refractivity contribution in [3.8, 4) is 11.5 Å². The Morgan fingerprint density at radius 3 is 2.35 bits per heavy atom. The number of carboxylic acid groups (broad SMARTS) is 1. The summed E-state index contributed by atoms with van der Waals surface area (Å²) in [5, 5.41) is 10.1. The van der Waals surface area contributed by atoms with Gasteiger partial charge in [0.15, 0.2) is 4.87 Å². The molecule has 1 N–H and O–H groups in total. The Morgan fingerprint density at radius 2 is 1.71 bits per heavy atom. The summed E-state index contributed by atoms with van der Waals surface area (Å²) in [4.78, 5) is 25.1. The van der Waals surface area contributed by atoms with Crippen molar-refractivity contribution in [3.63, 3.8) is 0 Å². The molecule has 1 unspecified atom stereocenters. The van der Waals surface area contributed by atoms with E-state index in [9.17, 15) is 14.7 Å². The maximum absolute atomic E-state index is 13.9. The van der Waals surface area contributed by atoms with Crippen LogP contribution in [0.3, 0.4) is 0 Å². The standard InChI is InChI=1S/C24H17Cl4NO5/c1-33-15-5-3-13(20(10-15)34-2)11-29-21-17(8-14(25)9-19(21)27)24(28,23(29)32)16-7-12(22(30)31)4-6-18(16)26/h3-10H,11H2,1-2H3,(H,30,31). The van der Waals surface area contributed by atoms with E-state index < -0.39 is 16.8 Å². The highest BCUT2D eigenvalue weighted by atomic mass is 35.5. The van der Waals surface area contributed by atoms with Crippen LogP contribution in [0.5, 0.6) is 11.5 Å². The molecule has 0 saturated heterocycles. The summed E-state index contributed by atoms with van der Waals surface area (Å²) in [5.41, 5.74) is 1.36. The minimum absolute atomic E-state index is 0.0606. The van der Waals surface area contributed by atoms with E-state index in [1.807, 2.05) is 0 Å². The van der Waals surface area contributed by atoms with Crippen LogP contribution in [0.25, 0.3) is 0 Å². The zero-order chi connectivity index (χ0) is 24.8. The van der Waals surface area contributed by atoms with Gasteiger partial charge in [-0.05, 0) is 42.5 Å². The Kier molecular flexibility index (Phi) is 6.62. The Hall–Kier alpha value is -2.64. The van der Waals surface area contributed by atoms with E-state index in [0.29, 0.717) is 28.3 Å². The molecule has 0 fully saturated rings. The van der Waals surface area contributed by atoms with Crippen molar-refractivity contribution in [2.75, 3.05) is 19.1 Å². The molecule has 0 spiro atoms. The first-order chi connectivity index (χ1) is 16.1. The van der Waals surface area contributed by atoms with Gasteiger partial charge in [-0.2, -0.15) is 0 Å². The van der Waals surface area contributed by atoms with Crippen molar-refractivity contribution in [1.29, 1.82) is 0 Å². The van der Waals surface area contributed by atoms with Gasteiger partial charge in [0, 0.05) is 32.8 Å². The summed E-state index contributed by atoms with van der Waals surface area (Å²) in [6.07, 6.45) is 0. The Labute approximate surface area is 215 Å². The van der Waals surface area contributed by atoms with Gasteiger partial charge in [-0.25, -0.2) is 4.79 Å². The largest absolute Gasteiger partial charge is 0.497 e. The van der Waals surface area contributed by atoms with Crippen LogP contribution in [0.15, 0.2) is 48.5 Å². The predicted octanol–water partition coefficient (Wildman–Crippen LogP) is 6.39. The number of fused-ring (bicyclic) bond motifs is 1. The lowest BCUT2D eigenvalue weighted by atomic mass is 9.90. The monoisotopic (exact) mass is 539 g/mol. The fourth-order valence-electron chi connectivity index (χ4n) is 3.99. The van der Waals surface area contributed by atoms with Crippen LogP contribution < -0.4 is 14.4 Å². The number of carboxylic acids is 1. The van der Waals surface area contributed by atoms with E-state index >= 15 is 0 Å². The molecule has 4 rings (SSSR count). The number of amides is 1. The van der Waals surface area contributed by atoms with E-state index in [1.54, 1.807) is 18.2 Å². The summed E-state index contributed by atoms with van der Waals surface area (Å²) in [6.45, 7) is 0.0606. The van der Waals surface area contributed by atoms with Crippen LogP contribution in [0.2, 0.25) is 15.1 Å². The fraction of sp³-hybridized carbons (Fsp3) is 0.167. The molecule has 0 bridgehead atoms. The number of carbonyl (C=O) groups excluding carboxylic acids is 1. The number of halogens is 4. The summed E-state index contributed by atoms with van der Waals surface area (Å²) < 4.78 is 10.7. The minimum Gasteiger partial charge on any atom is -0.497 e. The number of aromatic carboxylic acids is 1. The third-order valence-electron chi connectivity index (χ3n) is 5.62. The molecule has 3 aromatic rings. The van der Waals surface area contributed by atoms with Crippen LogP contribution in [0.1, 0.15) is 27.0 Å². The summed E-state index contributed by atoms with van der Waals surface area (Å²) in [7, 11) is 3.04. The summed E-state index contributed by atoms with van der Waals surface area (Å²) >= 11 is 26.3. The molecule has 1 amide bonds. The van der Waals surface area contributed by atoms with Gasteiger partial charge >= 0.3 is 5.97 Å². The molecular formula is C24H17Cl4NO5. The van der Waals surface area contributed by atoms with Crippen molar-refractivity contribution < 1.29 is 24.2 Å². The second kappa shape index (κ2) is 9.19. The number of hydrogen-bond acceptors (Lipinski definition) is 4. The third kappa shape index (κ3) is 3.95. The number of hydrogen-bond donors (Lipinski definition) is 1.